The average molecular weight is 236 g/mol. The van der Waals surface area contributed by atoms with E-state index < -0.39 is 8.80 Å². The van der Waals surface area contributed by atoms with E-state index in [1.807, 2.05) is 0 Å². The lowest BCUT2D eigenvalue weighted by atomic mass is 10.4. The molecule has 0 aromatic carbocycles. The molecule has 0 radical (unpaired) electrons. The molecule has 0 N–H and O–H groups in total. The van der Waals surface area contributed by atoms with Crippen LogP contribution < -0.4 is 0 Å². The van der Waals surface area contributed by atoms with Crippen LogP contribution in [0.2, 0.25) is 6.04 Å². The summed E-state index contributed by atoms with van der Waals surface area (Å²) in [6, 6.07) is 0.649. The molecule has 0 aromatic heterocycles. The Morgan fingerprint density at radius 3 is 2.33 bits per heavy atom. The molecule has 0 bridgehead atoms. The van der Waals surface area contributed by atoms with E-state index in [0.717, 1.165) is 19.4 Å². The van der Waals surface area contributed by atoms with Gasteiger partial charge in [-0.1, -0.05) is 0 Å². The molecule has 15 heavy (non-hydrogen) atoms. The fraction of sp³-hybridized carbons (Fsp3) is 1.00. The predicted molar refractivity (Wildman–Crippen MR) is 56.5 cm³/mol. The molecule has 0 aromatic rings. The average Bonchev–Trinajstić information content (AvgIpc) is 2.78. The highest BCUT2D eigenvalue weighted by atomic mass is 28.4. The third-order valence-corrected chi connectivity index (χ3v) is 5.22. The smallest absolute Gasteiger partial charge is 0.377 e. The van der Waals surface area contributed by atoms with E-state index in [0.29, 0.717) is 12.7 Å². The van der Waals surface area contributed by atoms with Crippen molar-refractivity contribution in [1.29, 1.82) is 0 Å². The van der Waals surface area contributed by atoms with Crippen LogP contribution in [0.4, 0.5) is 0 Å². The second kappa shape index (κ2) is 6.57. The van der Waals surface area contributed by atoms with Crippen LogP contribution in [0.3, 0.4) is 0 Å². The second-order valence-corrected chi connectivity index (χ2v) is 6.45. The van der Waals surface area contributed by atoms with E-state index >= 15 is 0 Å². The van der Waals surface area contributed by atoms with Crippen molar-refractivity contribution < 1.29 is 22.8 Å². The Labute approximate surface area is 92.0 Å². The quantitative estimate of drug-likeness (QED) is 0.618. The SMILES string of the molecule is CO[Si](CCOC1CCCO1)(OC)OC. The van der Waals surface area contributed by atoms with Gasteiger partial charge in [0.2, 0.25) is 0 Å². The summed E-state index contributed by atoms with van der Waals surface area (Å²) in [5, 5.41) is 0. The Bertz CT molecular complexity index is 160. The second-order valence-electron chi connectivity index (χ2n) is 3.36. The molecule has 1 rings (SSSR count). The Balaban J connectivity index is 2.21. The zero-order chi connectivity index (χ0) is 11.1. The fourth-order valence-corrected chi connectivity index (χ4v) is 3.03. The molecule has 90 valence electrons. The van der Waals surface area contributed by atoms with Crippen molar-refractivity contribution in [3.8, 4) is 0 Å². The monoisotopic (exact) mass is 236 g/mol. The number of hydrogen-bond acceptors (Lipinski definition) is 5. The van der Waals surface area contributed by atoms with Crippen molar-refractivity contribution in [3.05, 3.63) is 0 Å². The zero-order valence-corrected chi connectivity index (χ0v) is 10.7. The van der Waals surface area contributed by atoms with Crippen molar-refractivity contribution in [1.82, 2.24) is 0 Å². The van der Waals surface area contributed by atoms with Crippen molar-refractivity contribution >= 4 is 8.80 Å². The minimum atomic E-state index is -2.47. The molecule has 0 saturated carbocycles. The number of rotatable bonds is 7. The van der Waals surface area contributed by atoms with Gasteiger partial charge in [0.1, 0.15) is 0 Å². The van der Waals surface area contributed by atoms with Crippen LogP contribution in [0.5, 0.6) is 0 Å². The van der Waals surface area contributed by atoms with E-state index in [-0.39, 0.29) is 6.29 Å². The highest BCUT2D eigenvalue weighted by Gasteiger charge is 2.37. The van der Waals surface area contributed by atoms with Gasteiger partial charge in [-0.3, -0.25) is 0 Å². The summed E-state index contributed by atoms with van der Waals surface area (Å²) in [6.45, 7) is 1.35. The molecule has 0 aliphatic carbocycles. The van der Waals surface area contributed by atoms with Gasteiger partial charge in [-0.2, -0.15) is 0 Å². The van der Waals surface area contributed by atoms with Gasteiger partial charge >= 0.3 is 8.80 Å². The van der Waals surface area contributed by atoms with Crippen LogP contribution in [0.15, 0.2) is 0 Å². The Hall–Kier alpha value is 0.0169. The minimum absolute atomic E-state index is 0.0535. The number of ether oxygens (including phenoxy) is 2. The lowest BCUT2D eigenvalue weighted by molar-refractivity contribution is -0.108. The van der Waals surface area contributed by atoms with Crippen molar-refractivity contribution in [2.75, 3.05) is 34.5 Å². The summed E-state index contributed by atoms with van der Waals surface area (Å²) in [7, 11) is 2.34. The zero-order valence-electron chi connectivity index (χ0n) is 9.65. The molecule has 6 heteroatoms. The summed E-state index contributed by atoms with van der Waals surface area (Å²) < 4.78 is 26.7. The first-order chi connectivity index (χ1) is 7.26. The molecular formula is C9H20O5Si. The highest BCUT2D eigenvalue weighted by Crippen LogP contribution is 2.17. The van der Waals surface area contributed by atoms with Crippen LogP contribution in [-0.4, -0.2) is 49.6 Å². The Morgan fingerprint density at radius 2 is 1.87 bits per heavy atom. The van der Waals surface area contributed by atoms with Gasteiger partial charge in [0, 0.05) is 40.4 Å². The molecule has 1 fully saturated rings. The van der Waals surface area contributed by atoms with Gasteiger partial charge in [0.05, 0.1) is 6.61 Å². The molecule has 1 atom stereocenters. The van der Waals surface area contributed by atoms with Gasteiger partial charge in [-0.15, -0.1) is 0 Å². The van der Waals surface area contributed by atoms with Crippen LogP contribution in [0.25, 0.3) is 0 Å². The molecule has 1 aliphatic heterocycles. The van der Waals surface area contributed by atoms with Gasteiger partial charge in [-0.25, -0.2) is 0 Å². The van der Waals surface area contributed by atoms with E-state index in [9.17, 15) is 0 Å². The molecule has 5 nitrogen and oxygen atoms in total. The molecule has 1 aliphatic rings. The first-order valence-electron chi connectivity index (χ1n) is 5.15. The Morgan fingerprint density at radius 1 is 1.20 bits per heavy atom. The maximum atomic E-state index is 5.54. The third kappa shape index (κ3) is 3.82. The van der Waals surface area contributed by atoms with Crippen LogP contribution in [-0.2, 0) is 22.8 Å². The van der Waals surface area contributed by atoms with Gasteiger partial charge < -0.3 is 22.8 Å². The van der Waals surface area contributed by atoms with Gasteiger partial charge in [-0.05, 0) is 6.42 Å². The molecule has 0 spiro atoms. The van der Waals surface area contributed by atoms with Crippen LogP contribution in [0, 0.1) is 0 Å². The third-order valence-electron chi connectivity index (χ3n) is 2.53. The van der Waals surface area contributed by atoms with Crippen LogP contribution >= 0.6 is 0 Å². The summed E-state index contributed by atoms with van der Waals surface area (Å²) in [4.78, 5) is 0. The highest BCUT2D eigenvalue weighted by molar-refractivity contribution is 6.60. The lowest BCUT2D eigenvalue weighted by Gasteiger charge is -2.24. The first-order valence-corrected chi connectivity index (χ1v) is 7.08. The molecule has 1 saturated heterocycles. The minimum Gasteiger partial charge on any atom is -0.377 e. The van der Waals surface area contributed by atoms with E-state index in [2.05, 4.69) is 0 Å². The van der Waals surface area contributed by atoms with E-state index in [1.54, 1.807) is 21.3 Å². The maximum absolute atomic E-state index is 5.54. The predicted octanol–water partition coefficient (Wildman–Crippen LogP) is 1.02. The summed E-state index contributed by atoms with van der Waals surface area (Å²) in [6.07, 6.45) is 2.00. The first kappa shape index (κ1) is 13.1. The maximum Gasteiger partial charge on any atom is 0.502 e. The lowest BCUT2D eigenvalue weighted by Crippen LogP contribution is -2.43. The van der Waals surface area contributed by atoms with Crippen molar-refractivity contribution in [2.24, 2.45) is 0 Å². The topological polar surface area (TPSA) is 46.2 Å². The molecule has 0 amide bonds. The standard InChI is InChI=1S/C9H20O5Si/c1-10-15(11-2,12-3)8-7-14-9-5-4-6-13-9/h9H,4-8H2,1-3H3. The van der Waals surface area contributed by atoms with Gasteiger partial charge in [0.25, 0.3) is 0 Å². The van der Waals surface area contributed by atoms with E-state index in [1.165, 1.54) is 0 Å². The van der Waals surface area contributed by atoms with Gasteiger partial charge in [0.15, 0.2) is 6.29 Å². The Kier molecular flexibility index (Phi) is 5.73. The molecular weight excluding hydrogens is 216 g/mol. The molecule has 1 heterocycles. The van der Waals surface area contributed by atoms with Crippen molar-refractivity contribution in [3.63, 3.8) is 0 Å². The normalized spacial score (nSPS) is 22.2. The van der Waals surface area contributed by atoms with Crippen molar-refractivity contribution in [2.45, 2.75) is 25.2 Å². The molecule has 1 unspecified atom stereocenters. The number of hydrogen-bond donors (Lipinski definition) is 0. The summed E-state index contributed by atoms with van der Waals surface area (Å²) in [5.41, 5.74) is 0. The summed E-state index contributed by atoms with van der Waals surface area (Å²) >= 11 is 0. The van der Waals surface area contributed by atoms with E-state index in [4.69, 9.17) is 22.8 Å². The van der Waals surface area contributed by atoms with Crippen LogP contribution in [0.1, 0.15) is 12.8 Å². The fourth-order valence-electron chi connectivity index (χ4n) is 1.55. The summed E-state index contributed by atoms with van der Waals surface area (Å²) in [5.74, 6) is 0. The largest absolute Gasteiger partial charge is 0.502 e.